The molecule has 2 aromatic rings. The number of nitrogens with one attached hydrogen (secondary N) is 1. The van der Waals surface area contributed by atoms with E-state index < -0.39 is 17.8 Å². The molecular weight excluding hydrogens is 342 g/mol. The minimum Gasteiger partial charge on any atom is -0.494 e. The molecule has 134 valence electrons. The smallest absolute Gasteiger partial charge is 0.308 e. The number of carboxylic acid groups (broad SMARTS) is 1. The minimum absolute atomic E-state index is 0.0245. The van der Waals surface area contributed by atoms with Crippen LogP contribution in [-0.2, 0) is 11.2 Å². The second-order valence-electron chi connectivity index (χ2n) is 5.35. The highest BCUT2D eigenvalue weighted by molar-refractivity contribution is 7.98. The van der Waals surface area contributed by atoms with Crippen molar-refractivity contribution >= 4 is 23.6 Å². The zero-order valence-corrected chi connectivity index (χ0v) is 15.0. The van der Waals surface area contributed by atoms with Gasteiger partial charge < -0.3 is 19.6 Å². The number of furan rings is 1. The summed E-state index contributed by atoms with van der Waals surface area (Å²) < 4.78 is 10.7. The van der Waals surface area contributed by atoms with Crippen LogP contribution in [0.1, 0.15) is 23.0 Å². The van der Waals surface area contributed by atoms with Crippen molar-refractivity contribution in [1.29, 1.82) is 0 Å². The molecule has 0 aliphatic heterocycles. The number of carbonyl (C=O) groups is 2. The molecule has 2 N–H and O–H groups in total. The van der Waals surface area contributed by atoms with E-state index >= 15 is 0 Å². The van der Waals surface area contributed by atoms with Gasteiger partial charge in [0, 0.05) is 6.54 Å². The lowest BCUT2D eigenvalue weighted by Crippen LogP contribution is -2.33. The van der Waals surface area contributed by atoms with E-state index in [1.54, 1.807) is 12.1 Å². The Hall–Kier alpha value is -2.41. The Morgan fingerprint density at radius 3 is 2.52 bits per heavy atom. The molecule has 0 saturated carbocycles. The summed E-state index contributed by atoms with van der Waals surface area (Å²) in [4.78, 5) is 23.5. The topological polar surface area (TPSA) is 88.8 Å². The Morgan fingerprint density at radius 2 is 1.96 bits per heavy atom. The maximum absolute atomic E-state index is 12.0. The minimum atomic E-state index is -0.960. The third-order valence-electron chi connectivity index (χ3n) is 3.58. The first-order valence-electron chi connectivity index (χ1n) is 7.90. The second-order valence-corrected chi connectivity index (χ2v) is 6.16. The van der Waals surface area contributed by atoms with Gasteiger partial charge in [0.2, 0.25) is 0 Å². The van der Waals surface area contributed by atoms with Gasteiger partial charge in [0.25, 0.3) is 5.91 Å². The number of rotatable bonds is 9. The Kier molecular flexibility index (Phi) is 6.94. The van der Waals surface area contributed by atoms with E-state index in [1.165, 1.54) is 11.8 Å². The predicted octanol–water partition coefficient (Wildman–Crippen LogP) is 3.07. The van der Waals surface area contributed by atoms with E-state index in [2.05, 4.69) is 5.32 Å². The van der Waals surface area contributed by atoms with Gasteiger partial charge in [-0.1, -0.05) is 23.9 Å². The standard InChI is InChI=1S/C18H21NO5S/c1-3-23-14-6-4-12(5-7-14)10-13(18(21)22)11-19-17(20)15-8-9-16(24-15)25-2/h4-9,13H,3,10-11H2,1-2H3,(H,19,20)(H,21,22). The van der Waals surface area contributed by atoms with Crippen LogP contribution in [0.15, 0.2) is 45.9 Å². The lowest BCUT2D eigenvalue weighted by Gasteiger charge is -2.13. The number of thioether (sulfide) groups is 1. The van der Waals surface area contributed by atoms with E-state index in [-0.39, 0.29) is 12.3 Å². The van der Waals surface area contributed by atoms with Crippen LogP contribution in [0, 0.1) is 5.92 Å². The molecule has 6 nitrogen and oxygen atoms in total. The number of carboxylic acids is 1. The van der Waals surface area contributed by atoms with Crippen molar-refractivity contribution in [2.45, 2.75) is 18.4 Å². The van der Waals surface area contributed by atoms with Gasteiger partial charge in [-0.3, -0.25) is 9.59 Å². The van der Waals surface area contributed by atoms with Crippen molar-refractivity contribution in [2.24, 2.45) is 5.92 Å². The molecule has 1 atom stereocenters. The van der Waals surface area contributed by atoms with Crippen LogP contribution < -0.4 is 10.1 Å². The normalized spacial score (nSPS) is 11.8. The summed E-state index contributed by atoms with van der Waals surface area (Å²) in [6.07, 6.45) is 2.16. The molecule has 7 heteroatoms. The molecule has 0 radical (unpaired) electrons. The molecule has 0 saturated heterocycles. The quantitative estimate of drug-likeness (QED) is 0.666. The van der Waals surface area contributed by atoms with Crippen molar-refractivity contribution in [3.05, 3.63) is 47.7 Å². The van der Waals surface area contributed by atoms with Gasteiger partial charge in [0.05, 0.1) is 12.5 Å². The van der Waals surface area contributed by atoms with Crippen molar-refractivity contribution in [1.82, 2.24) is 5.32 Å². The van der Waals surface area contributed by atoms with Crippen molar-refractivity contribution in [2.75, 3.05) is 19.4 Å². The molecule has 1 amide bonds. The monoisotopic (exact) mass is 363 g/mol. The molecule has 0 spiro atoms. The molecule has 2 rings (SSSR count). The fourth-order valence-electron chi connectivity index (χ4n) is 2.27. The van der Waals surface area contributed by atoms with Gasteiger partial charge in [0.1, 0.15) is 5.75 Å². The summed E-state index contributed by atoms with van der Waals surface area (Å²) in [7, 11) is 0. The lowest BCUT2D eigenvalue weighted by atomic mass is 9.99. The van der Waals surface area contributed by atoms with Crippen LogP contribution >= 0.6 is 11.8 Å². The summed E-state index contributed by atoms with van der Waals surface area (Å²) >= 11 is 1.39. The highest BCUT2D eigenvalue weighted by Crippen LogP contribution is 2.18. The molecule has 0 aliphatic rings. The molecule has 1 unspecified atom stereocenters. The number of ether oxygens (including phenoxy) is 1. The van der Waals surface area contributed by atoms with Crippen LogP contribution in [-0.4, -0.2) is 36.4 Å². The average Bonchev–Trinajstić information content (AvgIpc) is 3.09. The van der Waals surface area contributed by atoms with E-state index in [4.69, 9.17) is 9.15 Å². The number of carbonyl (C=O) groups excluding carboxylic acids is 1. The van der Waals surface area contributed by atoms with Crippen LogP contribution in [0.5, 0.6) is 5.75 Å². The molecule has 1 heterocycles. The second kappa shape index (κ2) is 9.17. The van der Waals surface area contributed by atoms with Crippen molar-refractivity contribution in [3.8, 4) is 5.75 Å². The molecule has 1 aromatic heterocycles. The van der Waals surface area contributed by atoms with Crippen LogP contribution in [0.3, 0.4) is 0 Å². The molecule has 25 heavy (non-hydrogen) atoms. The predicted molar refractivity (Wildman–Crippen MR) is 95.3 cm³/mol. The number of aliphatic carboxylic acids is 1. The van der Waals surface area contributed by atoms with Crippen molar-refractivity contribution in [3.63, 3.8) is 0 Å². The first-order valence-corrected chi connectivity index (χ1v) is 9.12. The lowest BCUT2D eigenvalue weighted by molar-refractivity contribution is -0.141. The zero-order valence-electron chi connectivity index (χ0n) is 14.2. The van der Waals surface area contributed by atoms with E-state index in [1.807, 2.05) is 37.4 Å². The third-order valence-corrected chi connectivity index (χ3v) is 4.20. The van der Waals surface area contributed by atoms with Gasteiger partial charge in [-0.05, 0) is 49.4 Å². The summed E-state index contributed by atoms with van der Waals surface area (Å²) in [5.74, 6) is -1.18. The molecule has 0 aliphatic carbocycles. The van der Waals surface area contributed by atoms with E-state index in [9.17, 15) is 14.7 Å². The largest absolute Gasteiger partial charge is 0.494 e. The van der Waals surface area contributed by atoms with Crippen LogP contribution in [0.4, 0.5) is 0 Å². The van der Waals surface area contributed by atoms with Crippen LogP contribution in [0.2, 0.25) is 0 Å². The fraction of sp³-hybridized carbons (Fsp3) is 0.333. The van der Waals surface area contributed by atoms with Gasteiger partial charge >= 0.3 is 5.97 Å². The molecule has 0 fully saturated rings. The number of hydrogen-bond donors (Lipinski definition) is 2. The van der Waals surface area contributed by atoms with Gasteiger partial charge in [-0.25, -0.2) is 0 Å². The summed E-state index contributed by atoms with van der Waals surface area (Å²) in [5.41, 5.74) is 0.868. The highest BCUT2D eigenvalue weighted by Gasteiger charge is 2.20. The summed E-state index contributed by atoms with van der Waals surface area (Å²) in [6, 6.07) is 10.6. The highest BCUT2D eigenvalue weighted by atomic mass is 32.2. The Labute approximate surface area is 150 Å². The van der Waals surface area contributed by atoms with Gasteiger partial charge in [-0.2, -0.15) is 0 Å². The van der Waals surface area contributed by atoms with Gasteiger partial charge in [-0.15, -0.1) is 0 Å². The molecule has 0 bridgehead atoms. The maximum Gasteiger partial charge on any atom is 0.308 e. The number of amides is 1. The average molecular weight is 363 g/mol. The molecule has 1 aromatic carbocycles. The van der Waals surface area contributed by atoms with E-state index in [0.29, 0.717) is 18.1 Å². The first kappa shape index (κ1) is 18.9. The Balaban J connectivity index is 1.93. The number of hydrogen-bond acceptors (Lipinski definition) is 5. The SMILES string of the molecule is CCOc1ccc(CC(CNC(=O)c2ccc(SC)o2)C(=O)O)cc1. The van der Waals surface area contributed by atoms with Crippen LogP contribution in [0.25, 0.3) is 0 Å². The van der Waals surface area contributed by atoms with Gasteiger partial charge in [0.15, 0.2) is 10.9 Å². The summed E-state index contributed by atoms with van der Waals surface area (Å²) in [5, 5.41) is 12.7. The Morgan fingerprint density at radius 1 is 1.24 bits per heavy atom. The maximum atomic E-state index is 12.0. The fourth-order valence-corrected chi connectivity index (χ4v) is 2.65. The summed E-state index contributed by atoms with van der Waals surface area (Å²) in [6.45, 7) is 2.50. The Bertz CT molecular complexity index is 711. The first-order chi connectivity index (χ1) is 12.0. The van der Waals surface area contributed by atoms with Crippen molar-refractivity contribution < 1.29 is 23.8 Å². The number of benzene rings is 1. The zero-order chi connectivity index (χ0) is 18.2. The third kappa shape index (κ3) is 5.56. The van der Waals surface area contributed by atoms with E-state index in [0.717, 1.165) is 11.3 Å². The molecular formula is C18H21NO5S.